The van der Waals surface area contributed by atoms with Crippen molar-refractivity contribution >= 4 is 0 Å². The third-order valence-corrected chi connectivity index (χ3v) is 3.69. The SMILES string of the molecule is CCC(C(C)C)C1CCC(OC)C1. The van der Waals surface area contributed by atoms with Crippen LogP contribution in [0.25, 0.3) is 0 Å². The minimum absolute atomic E-state index is 0.554. The summed E-state index contributed by atoms with van der Waals surface area (Å²) in [6, 6.07) is 0. The van der Waals surface area contributed by atoms with E-state index in [2.05, 4.69) is 20.8 Å². The normalized spacial score (nSPS) is 31.2. The Morgan fingerprint density at radius 3 is 2.38 bits per heavy atom. The molecule has 1 aliphatic carbocycles. The van der Waals surface area contributed by atoms with Gasteiger partial charge in [-0.15, -0.1) is 0 Å². The summed E-state index contributed by atoms with van der Waals surface area (Å²) < 4.78 is 5.42. The predicted molar refractivity (Wildman–Crippen MR) is 56.8 cm³/mol. The van der Waals surface area contributed by atoms with Crippen molar-refractivity contribution in [1.29, 1.82) is 0 Å². The molecule has 3 unspecified atom stereocenters. The Balaban J connectivity index is 2.43. The highest BCUT2D eigenvalue weighted by atomic mass is 16.5. The minimum Gasteiger partial charge on any atom is -0.381 e. The molecule has 0 saturated heterocycles. The second kappa shape index (κ2) is 4.99. The first kappa shape index (κ1) is 11.0. The van der Waals surface area contributed by atoms with Gasteiger partial charge in [0, 0.05) is 7.11 Å². The van der Waals surface area contributed by atoms with Crippen LogP contribution in [0.2, 0.25) is 0 Å². The van der Waals surface area contributed by atoms with Crippen molar-refractivity contribution < 1.29 is 4.74 Å². The van der Waals surface area contributed by atoms with E-state index in [1.807, 2.05) is 7.11 Å². The molecular formula is C12H24O. The fourth-order valence-electron chi connectivity index (χ4n) is 2.93. The van der Waals surface area contributed by atoms with E-state index in [4.69, 9.17) is 4.74 Å². The standard InChI is InChI=1S/C12H24O/c1-5-12(9(2)3)10-6-7-11(8-10)13-4/h9-12H,5-8H2,1-4H3. The molecule has 1 heteroatoms. The molecule has 0 amide bonds. The van der Waals surface area contributed by atoms with Crippen molar-refractivity contribution in [3.8, 4) is 0 Å². The summed E-state index contributed by atoms with van der Waals surface area (Å²) in [6.45, 7) is 7.04. The van der Waals surface area contributed by atoms with E-state index in [0.717, 1.165) is 17.8 Å². The Bertz CT molecular complexity index is 142. The quantitative estimate of drug-likeness (QED) is 0.650. The van der Waals surface area contributed by atoms with E-state index in [1.54, 1.807) is 0 Å². The van der Waals surface area contributed by atoms with E-state index in [-0.39, 0.29) is 0 Å². The lowest BCUT2D eigenvalue weighted by atomic mass is 9.80. The van der Waals surface area contributed by atoms with Gasteiger partial charge in [-0.2, -0.15) is 0 Å². The van der Waals surface area contributed by atoms with Crippen molar-refractivity contribution in [2.45, 2.75) is 52.6 Å². The molecule has 78 valence electrons. The van der Waals surface area contributed by atoms with E-state index in [1.165, 1.54) is 25.7 Å². The molecule has 1 aliphatic rings. The van der Waals surface area contributed by atoms with E-state index in [0.29, 0.717) is 6.10 Å². The van der Waals surface area contributed by atoms with Crippen molar-refractivity contribution in [3.63, 3.8) is 0 Å². The summed E-state index contributed by atoms with van der Waals surface area (Å²) in [5, 5.41) is 0. The monoisotopic (exact) mass is 184 g/mol. The molecule has 1 nitrogen and oxygen atoms in total. The zero-order chi connectivity index (χ0) is 9.84. The van der Waals surface area contributed by atoms with Gasteiger partial charge in [0.1, 0.15) is 0 Å². The number of hydrogen-bond donors (Lipinski definition) is 0. The molecule has 0 aromatic carbocycles. The maximum Gasteiger partial charge on any atom is 0.0574 e. The zero-order valence-electron chi connectivity index (χ0n) is 9.55. The van der Waals surface area contributed by atoms with Gasteiger partial charge in [0.2, 0.25) is 0 Å². The second-order valence-corrected chi connectivity index (χ2v) is 4.75. The molecule has 0 aromatic rings. The highest BCUT2D eigenvalue weighted by Gasteiger charge is 2.31. The van der Waals surface area contributed by atoms with Crippen LogP contribution in [0.4, 0.5) is 0 Å². The molecule has 1 fully saturated rings. The van der Waals surface area contributed by atoms with Crippen LogP contribution in [-0.2, 0) is 4.74 Å². The molecule has 1 rings (SSSR count). The predicted octanol–water partition coefficient (Wildman–Crippen LogP) is 3.48. The number of rotatable bonds is 4. The van der Waals surface area contributed by atoms with E-state index >= 15 is 0 Å². The molecule has 13 heavy (non-hydrogen) atoms. The molecule has 0 radical (unpaired) electrons. The first-order chi connectivity index (χ1) is 6.19. The Morgan fingerprint density at radius 1 is 1.31 bits per heavy atom. The fraction of sp³-hybridized carbons (Fsp3) is 1.00. The summed E-state index contributed by atoms with van der Waals surface area (Å²) in [5.74, 6) is 2.68. The first-order valence-corrected chi connectivity index (χ1v) is 5.71. The summed E-state index contributed by atoms with van der Waals surface area (Å²) in [5.41, 5.74) is 0. The summed E-state index contributed by atoms with van der Waals surface area (Å²) in [7, 11) is 1.85. The number of hydrogen-bond acceptors (Lipinski definition) is 1. The fourth-order valence-corrected chi connectivity index (χ4v) is 2.93. The lowest BCUT2D eigenvalue weighted by Gasteiger charge is -2.25. The van der Waals surface area contributed by atoms with Crippen molar-refractivity contribution in [2.24, 2.45) is 17.8 Å². The van der Waals surface area contributed by atoms with Gasteiger partial charge in [0.25, 0.3) is 0 Å². The lowest BCUT2D eigenvalue weighted by Crippen LogP contribution is -2.18. The summed E-state index contributed by atoms with van der Waals surface area (Å²) in [6.07, 6.45) is 5.85. The molecule has 0 bridgehead atoms. The van der Waals surface area contributed by atoms with Crippen LogP contribution in [0.1, 0.15) is 46.5 Å². The Labute approximate surface area is 82.9 Å². The molecule has 0 heterocycles. The van der Waals surface area contributed by atoms with Gasteiger partial charge >= 0.3 is 0 Å². The molecule has 1 saturated carbocycles. The average Bonchev–Trinajstić information content (AvgIpc) is 2.53. The molecular weight excluding hydrogens is 160 g/mol. The van der Waals surface area contributed by atoms with Gasteiger partial charge in [0.15, 0.2) is 0 Å². The van der Waals surface area contributed by atoms with Crippen LogP contribution in [0.3, 0.4) is 0 Å². The van der Waals surface area contributed by atoms with Crippen molar-refractivity contribution in [1.82, 2.24) is 0 Å². The van der Waals surface area contributed by atoms with Crippen molar-refractivity contribution in [3.05, 3.63) is 0 Å². The summed E-state index contributed by atoms with van der Waals surface area (Å²) in [4.78, 5) is 0. The van der Waals surface area contributed by atoms with Gasteiger partial charge in [-0.05, 0) is 37.0 Å². The molecule has 0 aliphatic heterocycles. The van der Waals surface area contributed by atoms with Crippen molar-refractivity contribution in [2.75, 3.05) is 7.11 Å². The Kier molecular flexibility index (Phi) is 4.24. The Morgan fingerprint density at radius 2 is 2.00 bits per heavy atom. The maximum atomic E-state index is 5.42. The van der Waals surface area contributed by atoms with Crippen LogP contribution in [0.15, 0.2) is 0 Å². The smallest absolute Gasteiger partial charge is 0.0574 e. The minimum atomic E-state index is 0.554. The van der Waals surface area contributed by atoms with Gasteiger partial charge < -0.3 is 4.74 Å². The van der Waals surface area contributed by atoms with Crippen LogP contribution < -0.4 is 0 Å². The highest BCUT2D eigenvalue weighted by Crippen LogP contribution is 2.37. The van der Waals surface area contributed by atoms with E-state index in [9.17, 15) is 0 Å². The molecule has 3 atom stereocenters. The topological polar surface area (TPSA) is 9.23 Å². The third-order valence-electron chi connectivity index (χ3n) is 3.69. The number of ether oxygens (including phenoxy) is 1. The van der Waals surface area contributed by atoms with Crippen LogP contribution in [0, 0.1) is 17.8 Å². The van der Waals surface area contributed by atoms with E-state index < -0.39 is 0 Å². The Hall–Kier alpha value is -0.0400. The molecule has 0 N–H and O–H groups in total. The number of methoxy groups -OCH3 is 1. The van der Waals surface area contributed by atoms with Gasteiger partial charge in [-0.1, -0.05) is 27.2 Å². The first-order valence-electron chi connectivity index (χ1n) is 5.71. The lowest BCUT2D eigenvalue weighted by molar-refractivity contribution is 0.0988. The third kappa shape index (κ3) is 2.70. The molecule has 0 spiro atoms. The van der Waals surface area contributed by atoms with Gasteiger partial charge in [-0.25, -0.2) is 0 Å². The van der Waals surface area contributed by atoms with Gasteiger partial charge in [-0.3, -0.25) is 0 Å². The second-order valence-electron chi connectivity index (χ2n) is 4.75. The average molecular weight is 184 g/mol. The van der Waals surface area contributed by atoms with Crippen LogP contribution in [-0.4, -0.2) is 13.2 Å². The van der Waals surface area contributed by atoms with Gasteiger partial charge in [0.05, 0.1) is 6.10 Å². The molecule has 0 aromatic heterocycles. The van der Waals surface area contributed by atoms with Crippen LogP contribution >= 0.6 is 0 Å². The largest absolute Gasteiger partial charge is 0.381 e. The summed E-state index contributed by atoms with van der Waals surface area (Å²) >= 11 is 0. The zero-order valence-corrected chi connectivity index (χ0v) is 9.55. The highest BCUT2D eigenvalue weighted by molar-refractivity contribution is 4.81. The maximum absolute atomic E-state index is 5.42. The van der Waals surface area contributed by atoms with Crippen LogP contribution in [0.5, 0.6) is 0 Å².